The highest BCUT2D eigenvalue weighted by molar-refractivity contribution is 5.92. The van der Waals surface area contributed by atoms with Crippen LogP contribution in [0.5, 0.6) is 0 Å². The van der Waals surface area contributed by atoms with Crippen LogP contribution in [0.1, 0.15) is 83.5 Å². The third-order valence-electron chi connectivity index (χ3n) is 8.97. The van der Waals surface area contributed by atoms with Crippen LogP contribution in [0, 0.1) is 17.8 Å². The standard InChI is InChI=1S/C26H45N3O3/c1-28(2)21-13-10-18(11-14-21)23-17-22(20-12-15-24(31-3)25(16-20)32-4)27-29(23)26(30)19-8-6-5-7-9-19/h18-21,23-25H,5-17H2,1-4H3. The normalized spacial score (nSPS) is 37.0. The SMILES string of the molecule is COC1CCC(C2=NN(C(=O)C3CCCCC3)C(C3CCC(N(C)C)CC3)C2)CC1OC. The van der Waals surface area contributed by atoms with Gasteiger partial charge >= 0.3 is 0 Å². The molecule has 0 radical (unpaired) electrons. The highest BCUT2D eigenvalue weighted by atomic mass is 16.5. The Morgan fingerprint density at radius 1 is 0.906 bits per heavy atom. The van der Waals surface area contributed by atoms with Crippen LogP contribution in [-0.2, 0) is 14.3 Å². The van der Waals surface area contributed by atoms with Crippen molar-refractivity contribution in [1.82, 2.24) is 9.91 Å². The van der Waals surface area contributed by atoms with Crippen LogP contribution < -0.4 is 0 Å². The minimum atomic E-state index is 0.124. The number of carbonyl (C=O) groups excluding carboxylic acids is 1. The molecule has 0 bridgehead atoms. The van der Waals surface area contributed by atoms with Crippen molar-refractivity contribution in [2.75, 3.05) is 28.3 Å². The molecule has 0 saturated heterocycles. The fourth-order valence-corrected chi connectivity index (χ4v) is 6.84. The summed E-state index contributed by atoms with van der Waals surface area (Å²) in [5.41, 5.74) is 1.26. The van der Waals surface area contributed by atoms with E-state index in [1.165, 1.54) is 50.7 Å². The van der Waals surface area contributed by atoms with E-state index in [0.717, 1.165) is 38.5 Å². The van der Waals surface area contributed by atoms with Crippen LogP contribution in [0.3, 0.4) is 0 Å². The van der Waals surface area contributed by atoms with Crippen molar-refractivity contribution >= 4 is 11.6 Å². The van der Waals surface area contributed by atoms with E-state index in [-0.39, 0.29) is 24.2 Å². The summed E-state index contributed by atoms with van der Waals surface area (Å²) in [6.45, 7) is 0. The number of nitrogens with zero attached hydrogens (tertiary/aromatic N) is 3. The van der Waals surface area contributed by atoms with Crippen molar-refractivity contribution in [3.8, 4) is 0 Å². The molecule has 4 rings (SSSR count). The number of carbonyl (C=O) groups is 1. The zero-order valence-corrected chi connectivity index (χ0v) is 20.8. The van der Waals surface area contributed by atoms with Gasteiger partial charge in [-0.05, 0) is 77.8 Å². The fourth-order valence-electron chi connectivity index (χ4n) is 6.84. The third kappa shape index (κ3) is 5.23. The smallest absolute Gasteiger partial charge is 0.246 e. The molecule has 3 saturated carbocycles. The first-order chi connectivity index (χ1) is 15.5. The summed E-state index contributed by atoms with van der Waals surface area (Å²) in [4.78, 5) is 16.0. The van der Waals surface area contributed by atoms with E-state index in [2.05, 4.69) is 19.0 Å². The van der Waals surface area contributed by atoms with Gasteiger partial charge < -0.3 is 14.4 Å². The molecule has 0 aromatic heterocycles. The number of ether oxygens (including phenoxy) is 2. The van der Waals surface area contributed by atoms with Gasteiger partial charge in [0.1, 0.15) is 0 Å². The first-order valence-corrected chi connectivity index (χ1v) is 13.1. The average Bonchev–Trinajstić information content (AvgIpc) is 3.29. The molecule has 0 aromatic carbocycles. The topological polar surface area (TPSA) is 54.4 Å². The Morgan fingerprint density at radius 3 is 2.22 bits per heavy atom. The molecule has 4 unspecified atom stereocenters. The number of amides is 1. The lowest BCUT2D eigenvalue weighted by molar-refractivity contribution is -0.139. The molecule has 3 fully saturated rings. The van der Waals surface area contributed by atoms with Gasteiger partial charge in [0.15, 0.2) is 0 Å². The highest BCUT2D eigenvalue weighted by Crippen LogP contribution is 2.40. The summed E-state index contributed by atoms with van der Waals surface area (Å²) in [6, 6.07) is 0.950. The molecule has 4 aliphatic rings. The average molecular weight is 448 g/mol. The summed E-state index contributed by atoms with van der Waals surface area (Å²) in [5.74, 6) is 1.49. The maximum Gasteiger partial charge on any atom is 0.246 e. The summed E-state index contributed by atoms with van der Waals surface area (Å²) >= 11 is 0. The van der Waals surface area contributed by atoms with Gasteiger partial charge in [0, 0.05) is 44.2 Å². The molecule has 6 heteroatoms. The minimum Gasteiger partial charge on any atom is -0.379 e. The third-order valence-corrected chi connectivity index (χ3v) is 8.97. The monoisotopic (exact) mass is 447 g/mol. The van der Waals surface area contributed by atoms with E-state index < -0.39 is 0 Å². The Labute approximate surface area is 195 Å². The highest BCUT2D eigenvalue weighted by Gasteiger charge is 2.43. The first-order valence-electron chi connectivity index (χ1n) is 13.1. The van der Waals surface area contributed by atoms with Gasteiger partial charge in [0.25, 0.3) is 0 Å². The second-order valence-corrected chi connectivity index (χ2v) is 11.0. The molecule has 0 spiro atoms. The van der Waals surface area contributed by atoms with Crippen molar-refractivity contribution < 1.29 is 14.3 Å². The van der Waals surface area contributed by atoms with Crippen molar-refractivity contribution in [2.45, 2.75) is 108 Å². The summed E-state index contributed by atoms with van der Waals surface area (Å²) in [5, 5.41) is 7.11. The van der Waals surface area contributed by atoms with E-state index in [0.29, 0.717) is 23.8 Å². The molecule has 6 nitrogen and oxygen atoms in total. The molecule has 4 atom stereocenters. The van der Waals surface area contributed by atoms with Gasteiger partial charge in [-0.25, -0.2) is 5.01 Å². The van der Waals surface area contributed by atoms with Crippen molar-refractivity contribution in [2.24, 2.45) is 22.9 Å². The Kier molecular flexibility index (Phi) is 8.28. The first kappa shape index (κ1) is 24.2. The molecule has 182 valence electrons. The van der Waals surface area contributed by atoms with Crippen LogP contribution in [0.15, 0.2) is 5.10 Å². The molecular weight excluding hydrogens is 402 g/mol. The van der Waals surface area contributed by atoms with Crippen molar-refractivity contribution in [3.63, 3.8) is 0 Å². The lowest BCUT2D eigenvalue weighted by Crippen LogP contribution is -2.44. The summed E-state index contributed by atoms with van der Waals surface area (Å²) in [7, 11) is 7.97. The predicted octanol–water partition coefficient (Wildman–Crippen LogP) is 4.47. The summed E-state index contributed by atoms with van der Waals surface area (Å²) < 4.78 is 11.4. The molecule has 32 heavy (non-hydrogen) atoms. The van der Waals surface area contributed by atoms with E-state index in [4.69, 9.17) is 14.6 Å². The number of rotatable bonds is 6. The van der Waals surface area contributed by atoms with Gasteiger partial charge in [-0.1, -0.05) is 19.3 Å². The number of hydrogen-bond acceptors (Lipinski definition) is 5. The Bertz CT molecular complexity index is 653. The molecular formula is C26H45N3O3. The Hall–Kier alpha value is -0.980. The Balaban J connectivity index is 1.49. The van der Waals surface area contributed by atoms with Gasteiger partial charge in [0.05, 0.1) is 18.2 Å². The fraction of sp³-hybridized carbons (Fsp3) is 0.923. The van der Waals surface area contributed by atoms with Crippen LogP contribution in [0.2, 0.25) is 0 Å². The lowest BCUT2D eigenvalue weighted by atomic mass is 9.76. The van der Waals surface area contributed by atoms with Crippen molar-refractivity contribution in [3.05, 3.63) is 0 Å². The molecule has 3 aliphatic carbocycles. The molecule has 1 amide bonds. The number of hydrogen-bond donors (Lipinski definition) is 0. The second-order valence-electron chi connectivity index (χ2n) is 11.0. The molecule has 1 aliphatic heterocycles. The largest absolute Gasteiger partial charge is 0.379 e. The molecule has 0 N–H and O–H groups in total. The van der Waals surface area contributed by atoms with Crippen molar-refractivity contribution in [1.29, 1.82) is 0 Å². The van der Waals surface area contributed by atoms with Crippen LogP contribution in [-0.4, -0.2) is 74.1 Å². The molecule has 1 heterocycles. The zero-order chi connectivity index (χ0) is 22.7. The maximum absolute atomic E-state index is 13.6. The maximum atomic E-state index is 13.6. The predicted molar refractivity (Wildman–Crippen MR) is 128 cm³/mol. The van der Waals surface area contributed by atoms with Crippen LogP contribution in [0.25, 0.3) is 0 Å². The van der Waals surface area contributed by atoms with Gasteiger partial charge in [-0.2, -0.15) is 5.10 Å². The van der Waals surface area contributed by atoms with Crippen LogP contribution >= 0.6 is 0 Å². The van der Waals surface area contributed by atoms with E-state index in [9.17, 15) is 4.79 Å². The van der Waals surface area contributed by atoms with Gasteiger partial charge in [0.2, 0.25) is 5.91 Å². The van der Waals surface area contributed by atoms with Crippen LogP contribution in [0.4, 0.5) is 0 Å². The minimum absolute atomic E-state index is 0.124. The van der Waals surface area contributed by atoms with Gasteiger partial charge in [-0.3, -0.25) is 4.79 Å². The Morgan fingerprint density at radius 2 is 1.59 bits per heavy atom. The van der Waals surface area contributed by atoms with E-state index >= 15 is 0 Å². The zero-order valence-electron chi connectivity index (χ0n) is 20.8. The quantitative estimate of drug-likeness (QED) is 0.603. The number of hydrazone groups is 1. The molecule has 0 aromatic rings. The lowest BCUT2D eigenvalue weighted by Gasteiger charge is -2.38. The number of methoxy groups -OCH3 is 2. The van der Waals surface area contributed by atoms with E-state index in [1.807, 2.05) is 5.01 Å². The summed E-state index contributed by atoms with van der Waals surface area (Å²) in [6.07, 6.45) is 15.0. The van der Waals surface area contributed by atoms with E-state index in [1.54, 1.807) is 14.2 Å². The second kappa shape index (κ2) is 11.0. The van der Waals surface area contributed by atoms with Gasteiger partial charge in [-0.15, -0.1) is 0 Å².